The van der Waals surface area contributed by atoms with E-state index in [1.54, 1.807) is 0 Å². The molecule has 0 spiro atoms. The van der Waals surface area contributed by atoms with E-state index in [4.69, 9.17) is 0 Å². The van der Waals surface area contributed by atoms with Gasteiger partial charge in [0.25, 0.3) is 0 Å². The van der Waals surface area contributed by atoms with E-state index in [-0.39, 0.29) is 0 Å². The van der Waals surface area contributed by atoms with Gasteiger partial charge in [-0.1, -0.05) is 27.7 Å². The maximum atomic E-state index is 3.50. The van der Waals surface area contributed by atoms with E-state index in [2.05, 4.69) is 38.3 Å². The summed E-state index contributed by atoms with van der Waals surface area (Å²) in [5.74, 6) is 0.740. The normalized spacial score (nSPS) is 12.5. The standard InChI is InChI=1S/C11H26N2/c1-10(2)11(3,4)9-13-8-6-7-12-5/h10,12-13H,6-9H2,1-5H3. The predicted molar refractivity (Wildman–Crippen MR) is 60.0 cm³/mol. The van der Waals surface area contributed by atoms with Crippen molar-refractivity contribution in [3.05, 3.63) is 0 Å². The summed E-state index contributed by atoms with van der Waals surface area (Å²) in [5, 5.41) is 6.65. The van der Waals surface area contributed by atoms with Crippen LogP contribution in [0.1, 0.15) is 34.1 Å². The van der Waals surface area contributed by atoms with Crippen LogP contribution in [0.4, 0.5) is 0 Å². The zero-order valence-electron chi connectivity index (χ0n) is 9.91. The molecular weight excluding hydrogens is 160 g/mol. The van der Waals surface area contributed by atoms with Crippen molar-refractivity contribution in [3.8, 4) is 0 Å². The fourth-order valence-corrected chi connectivity index (χ4v) is 1.00. The molecule has 0 rings (SSSR count). The lowest BCUT2D eigenvalue weighted by Gasteiger charge is -2.29. The predicted octanol–water partition coefficient (Wildman–Crippen LogP) is 1.87. The Balaban J connectivity index is 3.41. The smallest absolute Gasteiger partial charge is 0.000497 e. The van der Waals surface area contributed by atoms with Gasteiger partial charge in [0.05, 0.1) is 0 Å². The van der Waals surface area contributed by atoms with Crippen molar-refractivity contribution in [2.24, 2.45) is 11.3 Å². The third kappa shape index (κ3) is 6.05. The maximum Gasteiger partial charge on any atom is 0.000497 e. The SMILES string of the molecule is CNCCCNCC(C)(C)C(C)C. The van der Waals surface area contributed by atoms with Crippen LogP contribution in [0.25, 0.3) is 0 Å². The molecule has 0 aromatic heterocycles. The number of nitrogens with one attached hydrogen (secondary N) is 2. The second-order valence-corrected chi connectivity index (χ2v) is 4.78. The minimum absolute atomic E-state index is 0.416. The summed E-state index contributed by atoms with van der Waals surface area (Å²) in [6, 6.07) is 0. The molecule has 0 aliphatic carbocycles. The van der Waals surface area contributed by atoms with E-state index in [9.17, 15) is 0 Å². The molecular formula is C11H26N2. The Hall–Kier alpha value is -0.0800. The molecule has 2 N–H and O–H groups in total. The first-order valence-electron chi connectivity index (χ1n) is 5.36. The first-order valence-corrected chi connectivity index (χ1v) is 5.36. The fourth-order valence-electron chi connectivity index (χ4n) is 1.00. The van der Waals surface area contributed by atoms with Gasteiger partial charge >= 0.3 is 0 Å². The highest BCUT2D eigenvalue weighted by atomic mass is 14.9. The average Bonchev–Trinajstić information content (AvgIpc) is 2.03. The number of hydrogen-bond acceptors (Lipinski definition) is 2. The zero-order chi connectivity index (χ0) is 10.3. The van der Waals surface area contributed by atoms with Crippen molar-refractivity contribution in [3.63, 3.8) is 0 Å². The van der Waals surface area contributed by atoms with Crippen molar-refractivity contribution in [1.29, 1.82) is 0 Å². The highest BCUT2D eigenvalue weighted by molar-refractivity contribution is 4.74. The lowest BCUT2D eigenvalue weighted by Crippen LogP contribution is -2.34. The fraction of sp³-hybridized carbons (Fsp3) is 1.00. The third-order valence-corrected chi connectivity index (χ3v) is 2.92. The van der Waals surface area contributed by atoms with Crippen LogP contribution in [0.2, 0.25) is 0 Å². The minimum atomic E-state index is 0.416. The van der Waals surface area contributed by atoms with Gasteiger partial charge in [0.2, 0.25) is 0 Å². The summed E-state index contributed by atoms with van der Waals surface area (Å²) in [6.45, 7) is 12.6. The molecule has 80 valence electrons. The van der Waals surface area contributed by atoms with Gasteiger partial charge in [-0.05, 0) is 37.9 Å². The quantitative estimate of drug-likeness (QED) is 0.593. The molecule has 0 aliphatic heterocycles. The highest BCUT2D eigenvalue weighted by Gasteiger charge is 2.21. The van der Waals surface area contributed by atoms with Crippen LogP contribution in [-0.4, -0.2) is 26.7 Å². The van der Waals surface area contributed by atoms with Gasteiger partial charge in [0.1, 0.15) is 0 Å². The molecule has 0 bridgehead atoms. The molecule has 0 saturated heterocycles. The number of hydrogen-bond donors (Lipinski definition) is 2. The van der Waals surface area contributed by atoms with Gasteiger partial charge in [0.15, 0.2) is 0 Å². The number of rotatable bonds is 7. The van der Waals surface area contributed by atoms with Crippen LogP contribution in [0.3, 0.4) is 0 Å². The molecule has 2 heteroatoms. The Morgan fingerprint density at radius 1 is 1.15 bits per heavy atom. The van der Waals surface area contributed by atoms with E-state index < -0.39 is 0 Å². The molecule has 0 unspecified atom stereocenters. The maximum absolute atomic E-state index is 3.50. The average molecular weight is 186 g/mol. The first-order chi connectivity index (χ1) is 6.00. The van der Waals surface area contributed by atoms with Crippen LogP contribution in [0.5, 0.6) is 0 Å². The van der Waals surface area contributed by atoms with Gasteiger partial charge in [-0.3, -0.25) is 0 Å². The lowest BCUT2D eigenvalue weighted by molar-refractivity contribution is 0.238. The Bertz CT molecular complexity index is 119. The second kappa shape index (κ2) is 6.39. The van der Waals surface area contributed by atoms with Gasteiger partial charge in [-0.15, -0.1) is 0 Å². The zero-order valence-corrected chi connectivity index (χ0v) is 9.91. The Labute approximate surface area is 83.5 Å². The molecule has 2 nitrogen and oxygen atoms in total. The van der Waals surface area contributed by atoms with Crippen LogP contribution in [-0.2, 0) is 0 Å². The summed E-state index contributed by atoms with van der Waals surface area (Å²) < 4.78 is 0. The first kappa shape index (κ1) is 12.9. The second-order valence-electron chi connectivity index (χ2n) is 4.78. The Morgan fingerprint density at radius 2 is 1.77 bits per heavy atom. The molecule has 0 aromatic carbocycles. The molecule has 0 saturated carbocycles. The van der Waals surface area contributed by atoms with Gasteiger partial charge < -0.3 is 10.6 Å². The van der Waals surface area contributed by atoms with Crippen LogP contribution < -0.4 is 10.6 Å². The lowest BCUT2D eigenvalue weighted by atomic mass is 9.81. The largest absolute Gasteiger partial charge is 0.320 e. The van der Waals surface area contributed by atoms with E-state index in [0.29, 0.717) is 5.41 Å². The monoisotopic (exact) mass is 186 g/mol. The molecule has 0 heterocycles. The van der Waals surface area contributed by atoms with E-state index >= 15 is 0 Å². The molecule has 13 heavy (non-hydrogen) atoms. The molecule has 0 atom stereocenters. The van der Waals surface area contributed by atoms with Crippen molar-refractivity contribution < 1.29 is 0 Å². The van der Waals surface area contributed by atoms with Gasteiger partial charge in [0, 0.05) is 6.54 Å². The van der Waals surface area contributed by atoms with Gasteiger partial charge in [-0.25, -0.2) is 0 Å². The van der Waals surface area contributed by atoms with Crippen LogP contribution in [0.15, 0.2) is 0 Å². The van der Waals surface area contributed by atoms with Crippen molar-refractivity contribution >= 4 is 0 Å². The van der Waals surface area contributed by atoms with Crippen molar-refractivity contribution in [2.45, 2.75) is 34.1 Å². The van der Waals surface area contributed by atoms with Crippen LogP contribution >= 0.6 is 0 Å². The molecule has 0 radical (unpaired) electrons. The van der Waals surface area contributed by atoms with Crippen molar-refractivity contribution in [2.75, 3.05) is 26.7 Å². The minimum Gasteiger partial charge on any atom is -0.320 e. The van der Waals surface area contributed by atoms with Gasteiger partial charge in [-0.2, -0.15) is 0 Å². The summed E-state index contributed by atoms with van der Waals surface area (Å²) in [7, 11) is 2.00. The third-order valence-electron chi connectivity index (χ3n) is 2.92. The summed E-state index contributed by atoms with van der Waals surface area (Å²) >= 11 is 0. The summed E-state index contributed by atoms with van der Waals surface area (Å²) in [6.07, 6.45) is 1.21. The molecule has 0 aliphatic rings. The Kier molecular flexibility index (Phi) is 6.35. The molecule has 0 amide bonds. The summed E-state index contributed by atoms with van der Waals surface area (Å²) in [4.78, 5) is 0. The molecule has 0 aromatic rings. The Morgan fingerprint density at radius 3 is 2.23 bits per heavy atom. The summed E-state index contributed by atoms with van der Waals surface area (Å²) in [5.41, 5.74) is 0.416. The topological polar surface area (TPSA) is 24.1 Å². The van der Waals surface area contributed by atoms with Crippen LogP contribution in [0, 0.1) is 11.3 Å². The highest BCUT2D eigenvalue weighted by Crippen LogP contribution is 2.24. The van der Waals surface area contributed by atoms with E-state index in [1.165, 1.54) is 6.42 Å². The van der Waals surface area contributed by atoms with E-state index in [1.807, 2.05) is 7.05 Å². The van der Waals surface area contributed by atoms with E-state index in [0.717, 1.165) is 25.6 Å². The molecule has 0 fully saturated rings. The van der Waals surface area contributed by atoms with Crippen molar-refractivity contribution in [1.82, 2.24) is 10.6 Å².